The summed E-state index contributed by atoms with van der Waals surface area (Å²) in [6.07, 6.45) is 4.01. The van der Waals surface area contributed by atoms with E-state index in [4.69, 9.17) is 5.73 Å². The van der Waals surface area contributed by atoms with Crippen molar-refractivity contribution in [2.24, 2.45) is 11.7 Å². The van der Waals surface area contributed by atoms with Crippen LogP contribution >= 0.6 is 0 Å². The Morgan fingerprint density at radius 2 is 1.68 bits per heavy atom. The first-order chi connectivity index (χ1) is 16.3. The van der Waals surface area contributed by atoms with Crippen molar-refractivity contribution in [3.8, 4) is 6.07 Å². The van der Waals surface area contributed by atoms with Crippen LogP contribution < -0.4 is 5.73 Å². The number of nitrogens with two attached hydrogens (primary N) is 1. The lowest BCUT2D eigenvalue weighted by atomic mass is 9.69. The van der Waals surface area contributed by atoms with Gasteiger partial charge in [0.1, 0.15) is 6.04 Å². The van der Waals surface area contributed by atoms with Crippen molar-refractivity contribution < 1.29 is 14.1 Å². The van der Waals surface area contributed by atoms with Crippen molar-refractivity contribution in [1.29, 1.82) is 5.26 Å². The molecule has 4 atom stereocenters. The topological polar surface area (TPSA) is 83.9 Å². The Balaban J connectivity index is 1.77. The van der Waals surface area contributed by atoms with Gasteiger partial charge in [-0.25, -0.2) is 9.28 Å². The predicted octanol–water partition coefficient (Wildman–Crippen LogP) is 5.42. The summed E-state index contributed by atoms with van der Waals surface area (Å²) < 4.78 is 0.117. The summed E-state index contributed by atoms with van der Waals surface area (Å²) in [5.74, 6) is -0.143. The Hall–Kier alpha value is -2.97. The smallest absolute Gasteiger partial charge is 0.314 e. The van der Waals surface area contributed by atoms with Crippen LogP contribution in [-0.2, 0) is 15.0 Å². The zero-order valence-corrected chi connectivity index (χ0v) is 20.7. The molecule has 2 amide bonds. The van der Waals surface area contributed by atoms with Crippen molar-refractivity contribution in [2.45, 2.75) is 76.8 Å². The summed E-state index contributed by atoms with van der Waals surface area (Å²) in [6.45, 7) is 6.86. The monoisotopic (exact) mass is 460 g/mol. The molecule has 180 valence electrons. The predicted molar refractivity (Wildman–Crippen MR) is 134 cm³/mol. The van der Waals surface area contributed by atoms with Gasteiger partial charge in [-0.1, -0.05) is 80.9 Å². The number of quaternary nitrogens is 1. The van der Waals surface area contributed by atoms with E-state index in [2.05, 4.69) is 19.9 Å². The molecule has 1 heterocycles. The van der Waals surface area contributed by atoms with E-state index in [1.807, 2.05) is 67.6 Å². The molecule has 1 saturated heterocycles. The molecule has 2 N–H and O–H groups in total. The SMILES string of the molecule is CC(C)C(C#N)(CCCCC(=O)[N@@+]1([C@H](C)c2ccccc2)CCCC1C(N)=O)c1ccccc1. The van der Waals surface area contributed by atoms with Crippen LogP contribution in [0.2, 0.25) is 0 Å². The van der Waals surface area contributed by atoms with E-state index in [0.717, 1.165) is 24.0 Å². The molecule has 0 bridgehead atoms. The van der Waals surface area contributed by atoms with Crippen molar-refractivity contribution in [1.82, 2.24) is 0 Å². The molecule has 0 aromatic heterocycles. The number of likely N-dealkylation sites (tertiary alicyclic amines) is 1. The van der Waals surface area contributed by atoms with Crippen LogP contribution in [0.1, 0.15) is 76.5 Å². The maximum Gasteiger partial charge on any atom is 0.314 e. The average Bonchev–Trinajstić information content (AvgIpc) is 3.31. The van der Waals surface area contributed by atoms with E-state index in [0.29, 0.717) is 32.2 Å². The Bertz CT molecular complexity index is 1010. The van der Waals surface area contributed by atoms with Gasteiger partial charge in [-0.05, 0) is 31.2 Å². The van der Waals surface area contributed by atoms with Gasteiger partial charge in [0.05, 0.1) is 24.4 Å². The molecule has 5 nitrogen and oxygen atoms in total. The number of unbranched alkanes of at least 4 members (excludes halogenated alkanes) is 1. The van der Waals surface area contributed by atoms with Gasteiger partial charge in [0, 0.05) is 18.4 Å². The van der Waals surface area contributed by atoms with Gasteiger partial charge in [0.15, 0.2) is 6.04 Å². The van der Waals surface area contributed by atoms with Crippen molar-refractivity contribution >= 4 is 11.8 Å². The van der Waals surface area contributed by atoms with Gasteiger partial charge in [0.2, 0.25) is 0 Å². The quantitative estimate of drug-likeness (QED) is 0.380. The lowest BCUT2D eigenvalue weighted by Gasteiger charge is -2.41. The first-order valence-electron chi connectivity index (χ1n) is 12.5. The summed E-state index contributed by atoms with van der Waals surface area (Å²) in [5.41, 5.74) is 7.33. The van der Waals surface area contributed by atoms with Gasteiger partial charge < -0.3 is 5.73 Å². The van der Waals surface area contributed by atoms with Crippen LogP contribution in [0.5, 0.6) is 0 Å². The average molecular weight is 461 g/mol. The second-order valence-electron chi connectivity index (χ2n) is 10.0. The lowest BCUT2D eigenvalue weighted by molar-refractivity contribution is -0.886. The molecule has 5 heteroatoms. The third-order valence-corrected chi connectivity index (χ3v) is 8.01. The minimum absolute atomic E-state index is 0.0875. The number of hydrogen-bond donors (Lipinski definition) is 1. The highest BCUT2D eigenvalue weighted by molar-refractivity contribution is 5.82. The molecule has 0 aliphatic carbocycles. The number of rotatable bonds is 10. The number of benzene rings is 2. The van der Waals surface area contributed by atoms with Gasteiger partial charge in [-0.2, -0.15) is 5.26 Å². The molecule has 34 heavy (non-hydrogen) atoms. The number of hydrogen-bond acceptors (Lipinski definition) is 3. The fraction of sp³-hybridized carbons (Fsp3) is 0.483. The second kappa shape index (κ2) is 11.0. The number of amides is 2. The summed E-state index contributed by atoms with van der Waals surface area (Å²) in [5, 5.41) is 10.1. The molecule has 2 aromatic carbocycles. The van der Waals surface area contributed by atoms with E-state index < -0.39 is 11.5 Å². The lowest BCUT2D eigenvalue weighted by Crippen LogP contribution is -2.61. The maximum atomic E-state index is 13.8. The Labute approximate surface area is 204 Å². The molecule has 2 aromatic rings. The molecule has 3 rings (SSSR count). The maximum absolute atomic E-state index is 13.8. The zero-order chi connectivity index (χ0) is 24.8. The first kappa shape index (κ1) is 25.6. The first-order valence-corrected chi connectivity index (χ1v) is 12.5. The molecule has 1 aliphatic heterocycles. The Morgan fingerprint density at radius 3 is 2.24 bits per heavy atom. The Kier molecular flexibility index (Phi) is 8.28. The molecule has 2 unspecified atom stereocenters. The molecular formula is C29H38N3O2+. The Morgan fingerprint density at radius 1 is 1.06 bits per heavy atom. The highest BCUT2D eigenvalue weighted by atomic mass is 16.2. The van der Waals surface area contributed by atoms with E-state index in [-0.39, 0.29) is 28.3 Å². The van der Waals surface area contributed by atoms with E-state index in [9.17, 15) is 14.9 Å². The molecule has 1 fully saturated rings. The molecule has 0 saturated carbocycles. The molecular weight excluding hydrogens is 422 g/mol. The van der Waals surface area contributed by atoms with E-state index in [1.165, 1.54) is 0 Å². The summed E-state index contributed by atoms with van der Waals surface area (Å²) >= 11 is 0. The van der Waals surface area contributed by atoms with E-state index in [1.54, 1.807) is 0 Å². The second-order valence-corrected chi connectivity index (χ2v) is 10.0. The number of nitrogens with zero attached hydrogens (tertiary/aromatic N) is 2. The van der Waals surface area contributed by atoms with Gasteiger partial charge in [-0.3, -0.25) is 4.79 Å². The van der Waals surface area contributed by atoms with Gasteiger partial charge in [0.25, 0.3) is 5.91 Å². The summed E-state index contributed by atoms with van der Waals surface area (Å²) in [7, 11) is 0. The molecule has 0 spiro atoms. The van der Waals surface area contributed by atoms with Crippen LogP contribution in [0.25, 0.3) is 0 Å². The minimum atomic E-state index is -0.572. The largest absolute Gasteiger partial charge is 0.364 e. The van der Waals surface area contributed by atoms with Crippen LogP contribution in [0, 0.1) is 17.2 Å². The zero-order valence-electron chi connectivity index (χ0n) is 20.7. The number of carbonyl (C=O) groups is 2. The van der Waals surface area contributed by atoms with Crippen molar-refractivity contribution in [3.63, 3.8) is 0 Å². The van der Waals surface area contributed by atoms with Crippen LogP contribution in [0.4, 0.5) is 0 Å². The third-order valence-electron chi connectivity index (χ3n) is 8.01. The number of primary amides is 1. The fourth-order valence-corrected chi connectivity index (χ4v) is 5.92. The highest BCUT2D eigenvalue weighted by Gasteiger charge is 2.54. The van der Waals surface area contributed by atoms with Gasteiger partial charge >= 0.3 is 5.91 Å². The normalized spacial score (nSPS) is 22.6. The fourth-order valence-electron chi connectivity index (χ4n) is 5.92. The molecule has 1 aliphatic rings. The van der Waals surface area contributed by atoms with Crippen LogP contribution in [0.15, 0.2) is 60.7 Å². The third kappa shape index (κ3) is 4.79. The summed E-state index contributed by atoms with van der Waals surface area (Å²) in [4.78, 5) is 26.2. The molecule has 0 radical (unpaired) electrons. The van der Waals surface area contributed by atoms with Crippen LogP contribution in [-0.4, -0.2) is 28.9 Å². The number of carbonyl (C=O) groups excluding carboxylic acids is 2. The van der Waals surface area contributed by atoms with E-state index >= 15 is 0 Å². The van der Waals surface area contributed by atoms with Crippen molar-refractivity contribution in [2.75, 3.05) is 6.54 Å². The number of nitriles is 1. The standard InChI is InChI=1S/C29H37N3O2/c1-22(2)29(21-30,25-15-8-5-9-16-25)19-11-10-18-27(33)32(20-12-17-26(32)28(31)34)23(3)24-13-6-4-7-14-24/h4-9,13-16,22-23,26H,10-12,17-20H2,1-3H3,(H-,31,34)/p+1/t23-,26?,29?,32-/m1/s1. The highest BCUT2D eigenvalue weighted by Crippen LogP contribution is 2.41. The minimum Gasteiger partial charge on any atom is -0.364 e. The van der Waals surface area contributed by atoms with Crippen molar-refractivity contribution in [3.05, 3.63) is 71.8 Å². The summed E-state index contributed by atoms with van der Waals surface area (Å²) in [6, 6.07) is 21.9. The van der Waals surface area contributed by atoms with Gasteiger partial charge in [-0.15, -0.1) is 0 Å². The van der Waals surface area contributed by atoms with Crippen LogP contribution in [0.3, 0.4) is 0 Å².